The number of hydrogen-bond acceptors (Lipinski definition) is 4. The van der Waals surface area contributed by atoms with Crippen molar-refractivity contribution in [3.8, 4) is 0 Å². The smallest absolute Gasteiger partial charge is 0.0635 e. The molecule has 0 saturated heterocycles. The van der Waals surface area contributed by atoms with Gasteiger partial charge in [-0.15, -0.1) is 0 Å². The maximum Gasteiger partial charge on any atom is 0.0635 e. The number of hydrogen-bond donors (Lipinski definition) is 3. The van der Waals surface area contributed by atoms with Crippen molar-refractivity contribution in [3.63, 3.8) is 0 Å². The summed E-state index contributed by atoms with van der Waals surface area (Å²) in [5.41, 5.74) is 7.31. The number of aromatic nitrogens is 1. The molecular formula is C11H19N3O. The summed E-state index contributed by atoms with van der Waals surface area (Å²) in [7, 11) is 0. The van der Waals surface area contributed by atoms with Crippen LogP contribution in [0.1, 0.15) is 19.5 Å². The van der Waals surface area contributed by atoms with Crippen molar-refractivity contribution in [2.75, 3.05) is 11.9 Å². The molecule has 0 fully saturated rings. The van der Waals surface area contributed by atoms with Gasteiger partial charge in [-0.05, 0) is 18.1 Å². The van der Waals surface area contributed by atoms with E-state index in [2.05, 4.69) is 24.1 Å². The largest absolute Gasteiger partial charge is 0.394 e. The lowest BCUT2D eigenvalue weighted by Gasteiger charge is -2.21. The fraction of sp³-hybridized carbons (Fsp3) is 0.545. The monoisotopic (exact) mass is 209 g/mol. The van der Waals surface area contributed by atoms with Crippen molar-refractivity contribution in [3.05, 3.63) is 24.0 Å². The van der Waals surface area contributed by atoms with Gasteiger partial charge in [-0.2, -0.15) is 0 Å². The number of nitrogens with one attached hydrogen (secondary N) is 1. The normalized spacial score (nSPS) is 12.9. The van der Waals surface area contributed by atoms with Crippen LogP contribution < -0.4 is 11.1 Å². The fourth-order valence-electron chi connectivity index (χ4n) is 1.32. The first kappa shape index (κ1) is 11.9. The minimum Gasteiger partial charge on any atom is -0.394 e. The number of nitrogens with two attached hydrogens (primary N) is 1. The molecule has 15 heavy (non-hydrogen) atoms. The van der Waals surface area contributed by atoms with Crippen LogP contribution in [0, 0.1) is 5.92 Å². The molecule has 0 amide bonds. The molecule has 4 heteroatoms. The molecule has 1 atom stereocenters. The third-order valence-corrected chi connectivity index (χ3v) is 2.38. The Hall–Kier alpha value is -1.13. The van der Waals surface area contributed by atoms with E-state index in [9.17, 15) is 5.11 Å². The molecule has 0 radical (unpaired) electrons. The van der Waals surface area contributed by atoms with Gasteiger partial charge in [0.2, 0.25) is 0 Å². The van der Waals surface area contributed by atoms with Crippen LogP contribution in [-0.2, 0) is 6.54 Å². The van der Waals surface area contributed by atoms with E-state index in [1.54, 1.807) is 6.20 Å². The average Bonchev–Trinajstić information content (AvgIpc) is 2.25. The number of anilines is 1. The van der Waals surface area contributed by atoms with E-state index in [1.165, 1.54) is 0 Å². The highest BCUT2D eigenvalue weighted by molar-refractivity contribution is 5.44. The Morgan fingerprint density at radius 1 is 1.53 bits per heavy atom. The van der Waals surface area contributed by atoms with Crippen LogP contribution in [0.5, 0.6) is 0 Å². The zero-order valence-electron chi connectivity index (χ0n) is 9.27. The van der Waals surface area contributed by atoms with Gasteiger partial charge in [0.1, 0.15) is 0 Å². The Morgan fingerprint density at radius 3 is 2.80 bits per heavy atom. The molecule has 4 N–H and O–H groups in total. The topological polar surface area (TPSA) is 71.2 Å². The molecule has 0 bridgehead atoms. The molecule has 0 aliphatic heterocycles. The van der Waals surface area contributed by atoms with Gasteiger partial charge in [-0.3, -0.25) is 4.98 Å². The molecule has 1 rings (SSSR count). The van der Waals surface area contributed by atoms with E-state index in [0.717, 1.165) is 11.4 Å². The molecule has 0 saturated carbocycles. The van der Waals surface area contributed by atoms with Crippen LogP contribution in [0.4, 0.5) is 5.69 Å². The summed E-state index contributed by atoms with van der Waals surface area (Å²) < 4.78 is 0. The minimum absolute atomic E-state index is 0.0676. The highest BCUT2D eigenvalue weighted by Crippen LogP contribution is 2.12. The first-order valence-corrected chi connectivity index (χ1v) is 5.19. The molecule has 0 spiro atoms. The SMILES string of the molecule is CC(C)C(CO)Nc1ccnc(CN)c1. The van der Waals surface area contributed by atoms with Gasteiger partial charge in [0, 0.05) is 18.4 Å². The van der Waals surface area contributed by atoms with Crippen LogP contribution in [-0.4, -0.2) is 22.7 Å². The van der Waals surface area contributed by atoms with E-state index in [1.807, 2.05) is 12.1 Å². The maximum atomic E-state index is 9.18. The fourth-order valence-corrected chi connectivity index (χ4v) is 1.32. The molecule has 0 aromatic carbocycles. The third kappa shape index (κ3) is 3.49. The second-order valence-corrected chi connectivity index (χ2v) is 3.92. The first-order chi connectivity index (χ1) is 7.17. The number of aliphatic hydroxyl groups is 1. The molecular weight excluding hydrogens is 190 g/mol. The molecule has 0 aliphatic carbocycles. The summed E-state index contributed by atoms with van der Waals surface area (Å²) in [6, 6.07) is 3.85. The number of pyridine rings is 1. The lowest BCUT2D eigenvalue weighted by atomic mass is 10.1. The average molecular weight is 209 g/mol. The van der Waals surface area contributed by atoms with Crippen LogP contribution in [0.3, 0.4) is 0 Å². The molecule has 84 valence electrons. The van der Waals surface area contributed by atoms with Gasteiger partial charge >= 0.3 is 0 Å². The predicted molar refractivity (Wildman–Crippen MR) is 61.5 cm³/mol. The van der Waals surface area contributed by atoms with Crippen LogP contribution in [0.15, 0.2) is 18.3 Å². The summed E-state index contributed by atoms with van der Waals surface area (Å²) in [5.74, 6) is 0.379. The van der Waals surface area contributed by atoms with Gasteiger partial charge < -0.3 is 16.2 Å². The van der Waals surface area contributed by atoms with Gasteiger partial charge in [-0.25, -0.2) is 0 Å². The van der Waals surface area contributed by atoms with Gasteiger partial charge in [0.15, 0.2) is 0 Å². The number of rotatable bonds is 5. The summed E-state index contributed by atoms with van der Waals surface area (Å²) in [6.45, 7) is 4.69. The Bertz CT molecular complexity index is 302. The van der Waals surface area contributed by atoms with Crippen molar-refractivity contribution >= 4 is 5.69 Å². The summed E-state index contributed by atoms with van der Waals surface area (Å²) in [4.78, 5) is 4.11. The maximum absolute atomic E-state index is 9.18. The standard InChI is InChI=1S/C11H19N3O/c1-8(2)11(7-15)14-9-3-4-13-10(5-9)6-12/h3-5,8,11,15H,6-7,12H2,1-2H3,(H,13,14). The van der Waals surface area contributed by atoms with Crippen molar-refractivity contribution in [2.24, 2.45) is 11.7 Å². The quantitative estimate of drug-likeness (QED) is 0.675. The second-order valence-electron chi connectivity index (χ2n) is 3.92. The van der Waals surface area contributed by atoms with E-state index in [0.29, 0.717) is 12.5 Å². The number of nitrogens with zero attached hydrogens (tertiary/aromatic N) is 1. The van der Waals surface area contributed by atoms with E-state index in [4.69, 9.17) is 5.73 Å². The Balaban J connectivity index is 2.70. The Morgan fingerprint density at radius 2 is 2.27 bits per heavy atom. The zero-order valence-corrected chi connectivity index (χ0v) is 9.27. The Labute approximate surface area is 90.5 Å². The minimum atomic E-state index is 0.0676. The summed E-state index contributed by atoms with van der Waals surface area (Å²) in [6.07, 6.45) is 1.72. The molecule has 1 aromatic heterocycles. The molecule has 1 aromatic rings. The van der Waals surface area contributed by atoms with Crippen molar-refractivity contribution < 1.29 is 5.11 Å². The van der Waals surface area contributed by atoms with Crippen LogP contribution >= 0.6 is 0 Å². The van der Waals surface area contributed by atoms with E-state index < -0.39 is 0 Å². The molecule has 1 heterocycles. The summed E-state index contributed by atoms with van der Waals surface area (Å²) in [5, 5.41) is 12.4. The number of aliphatic hydroxyl groups excluding tert-OH is 1. The third-order valence-electron chi connectivity index (χ3n) is 2.38. The van der Waals surface area contributed by atoms with Gasteiger partial charge in [-0.1, -0.05) is 13.8 Å². The van der Waals surface area contributed by atoms with Crippen LogP contribution in [0.2, 0.25) is 0 Å². The van der Waals surface area contributed by atoms with Gasteiger partial charge in [0.25, 0.3) is 0 Å². The van der Waals surface area contributed by atoms with Crippen LogP contribution in [0.25, 0.3) is 0 Å². The Kier molecular flexibility index (Phi) is 4.52. The lowest BCUT2D eigenvalue weighted by Crippen LogP contribution is -2.29. The summed E-state index contributed by atoms with van der Waals surface area (Å²) >= 11 is 0. The second kappa shape index (κ2) is 5.68. The first-order valence-electron chi connectivity index (χ1n) is 5.19. The molecule has 1 unspecified atom stereocenters. The molecule has 4 nitrogen and oxygen atoms in total. The van der Waals surface area contributed by atoms with E-state index in [-0.39, 0.29) is 12.6 Å². The molecule has 0 aliphatic rings. The zero-order chi connectivity index (χ0) is 11.3. The van der Waals surface area contributed by atoms with E-state index >= 15 is 0 Å². The highest BCUT2D eigenvalue weighted by atomic mass is 16.3. The highest BCUT2D eigenvalue weighted by Gasteiger charge is 2.11. The van der Waals surface area contributed by atoms with Gasteiger partial charge in [0.05, 0.1) is 18.3 Å². The lowest BCUT2D eigenvalue weighted by molar-refractivity contribution is 0.249. The predicted octanol–water partition coefficient (Wildman–Crippen LogP) is 0.969. The van der Waals surface area contributed by atoms with Crippen molar-refractivity contribution in [1.29, 1.82) is 0 Å². The van der Waals surface area contributed by atoms with Crippen molar-refractivity contribution in [2.45, 2.75) is 26.4 Å². The van der Waals surface area contributed by atoms with Crippen molar-refractivity contribution in [1.82, 2.24) is 4.98 Å².